The van der Waals surface area contributed by atoms with Gasteiger partial charge in [0.05, 0.1) is 0 Å². The number of hydrogen-bond donors (Lipinski definition) is 0. The Labute approximate surface area is 107 Å². The number of rotatable bonds is 8. The third-order valence-corrected chi connectivity index (χ3v) is 7.10. The first kappa shape index (κ1) is 16.9. The summed E-state index contributed by atoms with van der Waals surface area (Å²) in [6.45, 7) is 15.8. The van der Waals surface area contributed by atoms with Crippen molar-refractivity contribution in [1.82, 2.24) is 9.34 Å². The summed E-state index contributed by atoms with van der Waals surface area (Å²) in [5.74, 6) is 0. The standard InChI is InChI=1S/C13H29N2OP/c1-7-13(6)12-17(16,14(8-2)9-3)15(10-4)11-5/h7H,8-12H2,1-6H3. The molecule has 3 nitrogen and oxygen atoms in total. The highest BCUT2D eigenvalue weighted by Crippen LogP contribution is 2.53. The molecule has 0 aliphatic carbocycles. The molecule has 0 aromatic carbocycles. The highest BCUT2D eigenvalue weighted by Gasteiger charge is 2.33. The molecule has 0 bridgehead atoms. The molecule has 0 aliphatic heterocycles. The molecule has 0 fully saturated rings. The van der Waals surface area contributed by atoms with Crippen LogP contribution in [-0.4, -0.2) is 41.7 Å². The van der Waals surface area contributed by atoms with Crippen molar-refractivity contribution in [2.24, 2.45) is 0 Å². The molecule has 0 rings (SSSR count). The molecule has 0 aromatic rings. The Hall–Kier alpha value is -0.110. The van der Waals surface area contributed by atoms with Gasteiger partial charge < -0.3 is 0 Å². The highest BCUT2D eigenvalue weighted by atomic mass is 31.2. The number of allylic oxidation sites excluding steroid dienone is 2. The lowest BCUT2D eigenvalue weighted by Crippen LogP contribution is -2.33. The average Bonchev–Trinajstić information content (AvgIpc) is 2.31. The van der Waals surface area contributed by atoms with Crippen LogP contribution in [0.2, 0.25) is 0 Å². The highest BCUT2D eigenvalue weighted by molar-refractivity contribution is 7.59. The minimum Gasteiger partial charge on any atom is -0.288 e. The summed E-state index contributed by atoms with van der Waals surface area (Å²) in [4.78, 5) is 0. The van der Waals surface area contributed by atoms with Crippen molar-refractivity contribution in [2.45, 2.75) is 41.5 Å². The lowest BCUT2D eigenvalue weighted by Gasteiger charge is -2.38. The first-order valence-corrected chi connectivity index (χ1v) is 8.51. The van der Waals surface area contributed by atoms with Crippen molar-refractivity contribution in [3.63, 3.8) is 0 Å². The fourth-order valence-electron chi connectivity index (χ4n) is 2.13. The summed E-state index contributed by atoms with van der Waals surface area (Å²) < 4.78 is 17.6. The predicted octanol–water partition coefficient (Wildman–Crippen LogP) is 3.83. The van der Waals surface area contributed by atoms with E-state index in [0.717, 1.165) is 26.2 Å². The summed E-state index contributed by atoms with van der Waals surface area (Å²) in [7, 11) is -2.41. The maximum Gasteiger partial charge on any atom is 0.220 e. The lowest BCUT2D eigenvalue weighted by atomic mass is 10.3. The lowest BCUT2D eigenvalue weighted by molar-refractivity contribution is 0.361. The summed E-state index contributed by atoms with van der Waals surface area (Å²) in [5.41, 5.74) is 1.21. The van der Waals surface area contributed by atoms with Gasteiger partial charge in [-0.15, -0.1) is 0 Å². The van der Waals surface area contributed by atoms with Crippen molar-refractivity contribution in [3.8, 4) is 0 Å². The predicted molar refractivity (Wildman–Crippen MR) is 77.7 cm³/mol. The largest absolute Gasteiger partial charge is 0.288 e. The third-order valence-electron chi connectivity index (χ3n) is 3.29. The van der Waals surface area contributed by atoms with Crippen LogP contribution in [0.5, 0.6) is 0 Å². The molecule has 0 aromatic heterocycles. The molecule has 0 atom stereocenters. The zero-order valence-electron chi connectivity index (χ0n) is 12.4. The maximum atomic E-state index is 13.3. The van der Waals surface area contributed by atoms with Crippen LogP contribution in [0, 0.1) is 0 Å². The van der Waals surface area contributed by atoms with Crippen molar-refractivity contribution < 1.29 is 4.57 Å². The van der Waals surface area contributed by atoms with Crippen molar-refractivity contribution in [2.75, 3.05) is 32.3 Å². The average molecular weight is 260 g/mol. The molecule has 17 heavy (non-hydrogen) atoms. The van der Waals surface area contributed by atoms with Crippen LogP contribution in [0.4, 0.5) is 0 Å². The van der Waals surface area contributed by atoms with Crippen LogP contribution < -0.4 is 0 Å². The van der Waals surface area contributed by atoms with Crippen LogP contribution >= 0.6 is 7.44 Å². The molecule has 102 valence electrons. The Morgan fingerprint density at radius 3 is 1.59 bits per heavy atom. The van der Waals surface area contributed by atoms with E-state index in [1.54, 1.807) is 0 Å². The van der Waals surface area contributed by atoms with Gasteiger partial charge in [0, 0.05) is 32.3 Å². The van der Waals surface area contributed by atoms with Crippen LogP contribution in [-0.2, 0) is 4.57 Å². The topological polar surface area (TPSA) is 23.6 Å². The molecule has 0 radical (unpaired) electrons. The smallest absolute Gasteiger partial charge is 0.220 e. The van der Waals surface area contributed by atoms with Gasteiger partial charge in [0.1, 0.15) is 0 Å². The Kier molecular flexibility index (Phi) is 8.02. The second-order valence-electron chi connectivity index (χ2n) is 4.24. The second kappa shape index (κ2) is 8.07. The summed E-state index contributed by atoms with van der Waals surface area (Å²) in [6, 6.07) is 0. The van der Waals surface area contributed by atoms with Gasteiger partial charge in [0.2, 0.25) is 7.44 Å². The molecule has 0 spiro atoms. The Bertz CT molecular complexity index is 265. The van der Waals surface area contributed by atoms with E-state index in [9.17, 15) is 4.57 Å². The summed E-state index contributed by atoms with van der Waals surface area (Å²) in [6.07, 6.45) is 2.76. The number of hydrogen-bond acceptors (Lipinski definition) is 1. The van der Waals surface area contributed by atoms with Crippen LogP contribution in [0.3, 0.4) is 0 Å². The van der Waals surface area contributed by atoms with Gasteiger partial charge >= 0.3 is 0 Å². The molecule has 0 unspecified atom stereocenters. The normalized spacial score (nSPS) is 13.8. The Balaban J connectivity index is 5.25. The van der Waals surface area contributed by atoms with Gasteiger partial charge in [0.15, 0.2) is 0 Å². The van der Waals surface area contributed by atoms with Gasteiger partial charge in [-0.25, -0.2) is 9.34 Å². The van der Waals surface area contributed by atoms with Crippen molar-refractivity contribution in [3.05, 3.63) is 11.6 Å². The summed E-state index contributed by atoms with van der Waals surface area (Å²) in [5, 5.41) is 0. The molecule has 4 heteroatoms. The summed E-state index contributed by atoms with van der Waals surface area (Å²) >= 11 is 0. The third kappa shape index (κ3) is 4.24. The van der Waals surface area contributed by atoms with Gasteiger partial charge in [0.25, 0.3) is 0 Å². The minimum atomic E-state index is -2.41. The van der Waals surface area contributed by atoms with Gasteiger partial charge in [-0.05, 0) is 13.8 Å². The van der Waals surface area contributed by atoms with E-state index >= 15 is 0 Å². The Morgan fingerprint density at radius 2 is 1.35 bits per heavy atom. The van der Waals surface area contributed by atoms with E-state index in [2.05, 4.69) is 50.0 Å². The number of nitrogens with zero attached hydrogens (tertiary/aromatic N) is 2. The monoisotopic (exact) mass is 260 g/mol. The molecular weight excluding hydrogens is 231 g/mol. The molecule has 0 aliphatic rings. The van der Waals surface area contributed by atoms with Gasteiger partial charge in [-0.3, -0.25) is 4.57 Å². The van der Waals surface area contributed by atoms with E-state index in [4.69, 9.17) is 0 Å². The van der Waals surface area contributed by atoms with Crippen LogP contribution in [0.15, 0.2) is 11.6 Å². The van der Waals surface area contributed by atoms with Crippen molar-refractivity contribution in [1.29, 1.82) is 0 Å². The van der Waals surface area contributed by atoms with E-state index < -0.39 is 7.44 Å². The Morgan fingerprint density at radius 1 is 1.00 bits per heavy atom. The maximum absolute atomic E-state index is 13.3. The minimum absolute atomic E-state index is 0.687. The fourth-order valence-corrected chi connectivity index (χ4v) is 5.48. The van der Waals surface area contributed by atoms with Gasteiger partial charge in [-0.1, -0.05) is 39.3 Å². The molecular formula is C13H29N2OP. The first-order chi connectivity index (χ1) is 7.99. The molecule has 0 saturated heterocycles. The zero-order valence-corrected chi connectivity index (χ0v) is 13.3. The van der Waals surface area contributed by atoms with Crippen LogP contribution in [0.1, 0.15) is 41.5 Å². The molecule has 0 amide bonds. The van der Waals surface area contributed by atoms with E-state index in [1.807, 2.05) is 6.92 Å². The first-order valence-electron chi connectivity index (χ1n) is 6.71. The fraction of sp³-hybridized carbons (Fsp3) is 0.846. The van der Waals surface area contributed by atoms with Gasteiger partial charge in [-0.2, -0.15) is 0 Å². The second-order valence-corrected chi connectivity index (χ2v) is 7.01. The molecule has 0 N–H and O–H groups in total. The molecule has 0 heterocycles. The van der Waals surface area contributed by atoms with E-state index in [1.165, 1.54) is 5.57 Å². The zero-order chi connectivity index (χ0) is 13.5. The van der Waals surface area contributed by atoms with E-state index in [0.29, 0.717) is 6.16 Å². The quantitative estimate of drug-likeness (QED) is 0.489. The SMILES string of the molecule is CC=C(C)CP(=O)(N(CC)CC)N(CC)CC. The van der Waals surface area contributed by atoms with Crippen LogP contribution in [0.25, 0.3) is 0 Å². The van der Waals surface area contributed by atoms with Crippen molar-refractivity contribution >= 4 is 7.44 Å². The molecule has 0 saturated carbocycles. The van der Waals surface area contributed by atoms with E-state index in [-0.39, 0.29) is 0 Å².